The van der Waals surface area contributed by atoms with Crippen molar-refractivity contribution < 1.29 is 23.9 Å². The largest absolute Gasteiger partial charge is 0.465 e. The smallest absolute Gasteiger partial charge is 0.438 e. The third kappa shape index (κ3) is 3.96. The van der Waals surface area contributed by atoms with Crippen molar-refractivity contribution in [1.82, 2.24) is 0 Å². The molecule has 0 aliphatic heterocycles. The molecule has 19 heavy (non-hydrogen) atoms. The van der Waals surface area contributed by atoms with Crippen molar-refractivity contribution in [1.29, 1.82) is 0 Å². The average molecular weight is 267 g/mol. The topological polar surface area (TPSA) is 65.1 Å². The third-order valence-electron chi connectivity index (χ3n) is 2.30. The lowest BCUT2D eigenvalue weighted by molar-refractivity contribution is 0.0600. The monoisotopic (exact) mass is 267 g/mol. The van der Waals surface area contributed by atoms with Crippen LogP contribution in [0.15, 0.2) is 24.3 Å². The first-order chi connectivity index (χ1) is 9.13. The Morgan fingerprint density at radius 2 is 1.79 bits per heavy atom. The number of hydroxylamine groups is 1. The zero-order valence-corrected chi connectivity index (χ0v) is 11.2. The van der Waals surface area contributed by atoms with Crippen molar-refractivity contribution in [3.05, 3.63) is 29.8 Å². The van der Waals surface area contributed by atoms with Crippen molar-refractivity contribution in [3.8, 4) is 0 Å². The maximum absolute atomic E-state index is 11.7. The van der Waals surface area contributed by atoms with Gasteiger partial charge >= 0.3 is 12.1 Å². The minimum atomic E-state index is -0.602. The van der Waals surface area contributed by atoms with Gasteiger partial charge in [0.2, 0.25) is 0 Å². The first kappa shape index (κ1) is 15.0. The number of esters is 1. The van der Waals surface area contributed by atoms with Crippen LogP contribution < -0.4 is 5.06 Å². The molecule has 0 saturated carbocycles. The van der Waals surface area contributed by atoms with Gasteiger partial charge in [0.05, 0.1) is 32.1 Å². The van der Waals surface area contributed by atoms with Crippen molar-refractivity contribution in [3.63, 3.8) is 0 Å². The molecule has 0 aliphatic carbocycles. The van der Waals surface area contributed by atoms with Crippen molar-refractivity contribution >= 4 is 17.7 Å². The maximum Gasteiger partial charge on any atom is 0.438 e. The Bertz CT molecular complexity index is 429. The van der Waals surface area contributed by atoms with Gasteiger partial charge in [-0.2, -0.15) is 5.06 Å². The molecule has 1 aromatic rings. The minimum absolute atomic E-state index is 0.318. The molecule has 1 amide bonds. The first-order valence-corrected chi connectivity index (χ1v) is 5.83. The summed E-state index contributed by atoms with van der Waals surface area (Å²) in [5.74, 6) is -0.441. The summed E-state index contributed by atoms with van der Waals surface area (Å²) in [6, 6.07) is 6.23. The fraction of sp³-hybridized carbons (Fsp3) is 0.385. The predicted molar refractivity (Wildman–Crippen MR) is 68.9 cm³/mol. The maximum atomic E-state index is 11.7. The SMILES string of the molecule is CCCOC(=O)N(OC)c1ccc(C(=O)OC)cc1. The van der Waals surface area contributed by atoms with Crippen LogP contribution in [-0.4, -0.2) is 32.9 Å². The lowest BCUT2D eigenvalue weighted by Gasteiger charge is -2.19. The van der Waals surface area contributed by atoms with Crippen LogP contribution in [0.4, 0.5) is 10.5 Å². The lowest BCUT2D eigenvalue weighted by Crippen LogP contribution is -2.30. The van der Waals surface area contributed by atoms with Gasteiger partial charge in [-0.3, -0.25) is 4.84 Å². The molecule has 0 N–H and O–H groups in total. The van der Waals surface area contributed by atoms with Crippen LogP contribution in [0.2, 0.25) is 0 Å². The molecule has 6 nitrogen and oxygen atoms in total. The van der Waals surface area contributed by atoms with Crippen LogP contribution in [0.3, 0.4) is 0 Å². The summed E-state index contributed by atoms with van der Waals surface area (Å²) in [4.78, 5) is 27.9. The Morgan fingerprint density at radius 1 is 1.16 bits per heavy atom. The summed E-state index contributed by atoms with van der Waals surface area (Å²) in [6.45, 7) is 2.22. The number of hydrogen-bond donors (Lipinski definition) is 0. The molecule has 0 radical (unpaired) electrons. The van der Waals surface area contributed by atoms with E-state index in [2.05, 4.69) is 4.74 Å². The van der Waals surface area contributed by atoms with Crippen molar-refractivity contribution in [2.45, 2.75) is 13.3 Å². The van der Waals surface area contributed by atoms with Gasteiger partial charge in [0.1, 0.15) is 0 Å². The number of methoxy groups -OCH3 is 1. The van der Waals surface area contributed by atoms with Crippen molar-refractivity contribution in [2.24, 2.45) is 0 Å². The van der Waals surface area contributed by atoms with E-state index in [0.717, 1.165) is 11.5 Å². The molecule has 104 valence electrons. The van der Waals surface area contributed by atoms with E-state index in [9.17, 15) is 9.59 Å². The molecule has 0 heterocycles. The molecule has 0 unspecified atom stereocenters. The number of rotatable bonds is 5. The van der Waals surface area contributed by atoms with Crippen LogP contribution >= 0.6 is 0 Å². The standard InChI is InChI=1S/C13H17NO5/c1-4-9-19-13(16)14(18-3)11-7-5-10(6-8-11)12(15)17-2/h5-8H,4,9H2,1-3H3. The van der Waals surface area contributed by atoms with Crippen LogP contribution in [0.1, 0.15) is 23.7 Å². The van der Waals surface area contributed by atoms with E-state index in [1.165, 1.54) is 14.2 Å². The van der Waals surface area contributed by atoms with E-state index >= 15 is 0 Å². The van der Waals surface area contributed by atoms with Gasteiger partial charge in [0.15, 0.2) is 0 Å². The number of benzene rings is 1. The zero-order chi connectivity index (χ0) is 14.3. The normalized spacial score (nSPS) is 9.84. The van der Waals surface area contributed by atoms with E-state index in [1.807, 2.05) is 6.92 Å². The number of carbonyl (C=O) groups is 2. The number of hydrogen-bond acceptors (Lipinski definition) is 5. The van der Waals surface area contributed by atoms with Gasteiger partial charge in [-0.05, 0) is 30.7 Å². The van der Waals surface area contributed by atoms with E-state index in [1.54, 1.807) is 24.3 Å². The second kappa shape index (κ2) is 7.38. The van der Waals surface area contributed by atoms with Crippen LogP contribution in [0, 0.1) is 0 Å². The fourth-order valence-corrected chi connectivity index (χ4v) is 1.38. The highest BCUT2D eigenvalue weighted by Crippen LogP contribution is 2.17. The number of nitrogens with zero attached hydrogens (tertiary/aromatic N) is 1. The Kier molecular flexibility index (Phi) is 5.81. The molecule has 0 aromatic heterocycles. The van der Waals surface area contributed by atoms with Crippen LogP contribution in [0.25, 0.3) is 0 Å². The fourth-order valence-electron chi connectivity index (χ4n) is 1.38. The van der Waals surface area contributed by atoms with E-state index in [0.29, 0.717) is 17.9 Å². The highest BCUT2D eigenvalue weighted by Gasteiger charge is 2.17. The third-order valence-corrected chi connectivity index (χ3v) is 2.30. The summed E-state index contributed by atoms with van der Waals surface area (Å²) in [7, 11) is 2.67. The Hall–Kier alpha value is -2.08. The molecule has 0 fully saturated rings. The van der Waals surface area contributed by atoms with Gasteiger partial charge in [-0.25, -0.2) is 9.59 Å². The molecular weight excluding hydrogens is 250 g/mol. The summed E-state index contributed by atoms with van der Waals surface area (Å²) in [5, 5.41) is 1.01. The van der Waals surface area contributed by atoms with E-state index in [-0.39, 0.29) is 0 Å². The highest BCUT2D eigenvalue weighted by atomic mass is 16.7. The van der Waals surface area contributed by atoms with E-state index < -0.39 is 12.1 Å². The second-order valence-corrected chi connectivity index (χ2v) is 3.63. The highest BCUT2D eigenvalue weighted by molar-refractivity contribution is 5.91. The molecule has 0 bridgehead atoms. The number of ether oxygens (including phenoxy) is 2. The van der Waals surface area contributed by atoms with Crippen LogP contribution in [-0.2, 0) is 14.3 Å². The minimum Gasteiger partial charge on any atom is -0.465 e. The Labute approximate surface area is 111 Å². The molecular formula is C13H17NO5. The van der Waals surface area contributed by atoms with Gasteiger partial charge in [0.25, 0.3) is 0 Å². The molecule has 1 aromatic carbocycles. The molecule has 0 atom stereocenters. The zero-order valence-electron chi connectivity index (χ0n) is 11.2. The van der Waals surface area contributed by atoms with Crippen LogP contribution in [0.5, 0.6) is 0 Å². The summed E-state index contributed by atoms with van der Waals surface area (Å²) in [5.41, 5.74) is 0.862. The van der Waals surface area contributed by atoms with Gasteiger partial charge in [-0.15, -0.1) is 0 Å². The summed E-state index contributed by atoms with van der Waals surface area (Å²) in [6.07, 6.45) is 0.125. The summed E-state index contributed by atoms with van der Waals surface area (Å²) >= 11 is 0. The molecule has 0 saturated heterocycles. The average Bonchev–Trinajstić information content (AvgIpc) is 2.45. The predicted octanol–water partition coefficient (Wildman–Crippen LogP) is 2.39. The summed E-state index contributed by atoms with van der Waals surface area (Å²) < 4.78 is 9.56. The second-order valence-electron chi connectivity index (χ2n) is 3.63. The van der Waals surface area contributed by atoms with Gasteiger partial charge < -0.3 is 9.47 Å². The van der Waals surface area contributed by atoms with E-state index in [4.69, 9.17) is 9.57 Å². The Morgan fingerprint density at radius 3 is 2.26 bits per heavy atom. The molecule has 6 heteroatoms. The Balaban J connectivity index is 2.82. The first-order valence-electron chi connectivity index (χ1n) is 5.83. The molecule has 1 rings (SSSR count). The molecule has 0 aliphatic rings. The molecule has 0 spiro atoms. The van der Waals surface area contributed by atoms with Gasteiger partial charge in [-0.1, -0.05) is 6.92 Å². The number of carbonyl (C=O) groups excluding carboxylic acids is 2. The number of anilines is 1. The number of amides is 1. The van der Waals surface area contributed by atoms with Crippen molar-refractivity contribution in [2.75, 3.05) is 25.9 Å². The van der Waals surface area contributed by atoms with Gasteiger partial charge in [0, 0.05) is 0 Å². The lowest BCUT2D eigenvalue weighted by atomic mass is 10.2. The quantitative estimate of drug-likeness (QED) is 0.605.